The van der Waals surface area contributed by atoms with E-state index in [2.05, 4.69) is 26.3 Å². The number of rotatable bonds is 14. The Hall–Kier alpha value is -5.87. The van der Waals surface area contributed by atoms with Crippen LogP contribution in [0.4, 0.5) is 35.2 Å². The van der Waals surface area contributed by atoms with Gasteiger partial charge in [-0.15, -0.1) is 0 Å². The van der Waals surface area contributed by atoms with Gasteiger partial charge in [0.05, 0.1) is 38.6 Å². The topological polar surface area (TPSA) is 205 Å². The number of carbonyl (C=O) groups is 5. The fraction of sp³-hybridized carbons (Fsp3) is 0.353. The van der Waals surface area contributed by atoms with Crippen LogP contribution < -0.4 is 30.7 Å². The lowest BCUT2D eigenvalue weighted by Gasteiger charge is -2.23. The number of carboxylic acids is 2. The SMILES string of the molecule is COc1ccc([C@H](CC(=O)O)NC(=O)C(CC(=O)Nc2ccc(NC(=O)Nc3ccccc3C)cn2)CC(C)C)cc1OC.O=C(O)C(F)(F)F. The smallest absolute Gasteiger partial charge is 0.490 e. The highest BCUT2D eigenvalue weighted by Crippen LogP contribution is 2.31. The van der Waals surface area contributed by atoms with Crippen LogP contribution in [-0.2, 0) is 19.2 Å². The molecule has 3 aromatic rings. The van der Waals surface area contributed by atoms with Gasteiger partial charge in [-0.05, 0) is 60.7 Å². The van der Waals surface area contributed by atoms with E-state index in [0.717, 1.165) is 5.56 Å². The van der Waals surface area contributed by atoms with Gasteiger partial charge in [-0.2, -0.15) is 13.2 Å². The van der Waals surface area contributed by atoms with Gasteiger partial charge in [0.2, 0.25) is 11.8 Å². The summed E-state index contributed by atoms with van der Waals surface area (Å²) in [5.41, 5.74) is 2.55. The minimum atomic E-state index is -5.08. The Morgan fingerprint density at radius 2 is 1.51 bits per heavy atom. The van der Waals surface area contributed by atoms with E-state index in [-0.39, 0.29) is 24.6 Å². The Morgan fingerprint density at radius 3 is 2.04 bits per heavy atom. The van der Waals surface area contributed by atoms with Crippen LogP contribution in [0, 0.1) is 18.8 Å². The van der Waals surface area contributed by atoms with Crippen LogP contribution in [0.2, 0.25) is 0 Å². The molecule has 2 aromatic carbocycles. The monoisotopic (exact) mass is 719 g/mol. The van der Waals surface area contributed by atoms with Crippen LogP contribution in [0.25, 0.3) is 0 Å². The number of pyridine rings is 1. The summed E-state index contributed by atoms with van der Waals surface area (Å²) in [5.74, 6) is -4.25. The van der Waals surface area contributed by atoms with E-state index in [0.29, 0.717) is 34.9 Å². The molecule has 276 valence electrons. The van der Waals surface area contributed by atoms with Crippen molar-refractivity contribution in [1.82, 2.24) is 10.3 Å². The molecule has 1 aromatic heterocycles. The molecule has 0 aliphatic carbocycles. The van der Waals surface area contributed by atoms with E-state index in [1.165, 1.54) is 20.4 Å². The van der Waals surface area contributed by atoms with Crippen molar-refractivity contribution in [2.24, 2.45) is 11.8 Å². The number of carboxylic acid groups (broad SMARTS) is 2. The van der Waals surface area contributed by atoms with E-state index in [1.54, 1.807) is 36.4 Å². The molecule has 0 bridgehead atoms. The van der Waals surface area contributed by atoms with E-state index < -0.39 is 47.9 Å². The first-order valence-corrected chi connectivity index (χ1v) is 15.4. The Balaban J connectivity index is 0.00000116. The number of hydrogen-bond acceptors (Lipinski definition) is 8. The molecule has 1 unspecified atom stereocenters. The first-order valence-electron chi connectivity index (χ1n) is 15.4. The van der Waals surface area contributed by atoms with E-state index >= 15 is 0 Å². The first kappa shape index (κ1) is 41.3. The second-order valence-electron chi connectivity index (χ2n) is 11.5. The van der Waals surface area contributed by atoms with Crippen LogP contribution >= 0.6 is 0 Å². The molecule has 17 heteroatoms. The van der Waals surface area contributed by atoms with E-state index in [1.807, 2.05) is 39.0 Å². The molecule has 0 spiro atoms. The average molecular weight is 720 g/mol. The predicted octanol–water partition coefficient (Wildman–Crippen LogP) is 6.01. The number of alkyl halides is 3. The molecular formula is C34H40F3N5O9. The molecule has 2 atom stereocenters. The molecule has 0 aliphatic heterocycles. The number of anilines is 3. The van der Waals surface area contributed by atoms with Crippen LogP contribution in [0.5, 0.6) is 11.5 Å². The molecule has 0 radical (unpaired) electrons. The maximum Gasteiger partial charge on any atom is 0.490 e. The highest BCUT2D eigenvalue weighted by Gasteiger charge is 2.38. The van der Waals surface area contributed by atoms with Gasteiger partial charge in [-0.25, -0.2) is 14.6 Å². The quantitative estimate of drug-likeness (QED) is 0.114. The number of carbonyl (C=O) groups excluding carboxylic acids is 3. The molecule has 0 aliphatic rings. The maximum atomic E-state index is 13.4. The summed E-state index contributed by atoms with van der Waals surface area (Å²) in [6.07, 6.45) is -3.78. The van der Waals surface area contributed by atoms with Gasteiger partial charge in [0.15, 0.2) is 11.5 Å². The van der Waals surface area contributed by atoms with Crippen molar-refractivity contribution in [1.29, 1.82) is 0 Å². The summed E-state index contributed by atoms with van der Waals surface area (Å²) in [6.45, 7) is 5.75. The van der Waals surface area contributed by atoms with Crippen molar-refractivity contribution < 1.29 is 56.8 Å². The number of nitrogens with zero attached hydrogens (tertiary/aromatic N) is 1. The van der Waals surface area contributed by atoms with Crippen LogP contribution in [-0.4, -0.2) is 65.4 Å². The standard InChI is InChI=1S/C32H39N5O7.C2HF3O2/c1-19(2)14-22(31(41)35-25(17-30(39)40)21-10-12-26(43-4)27(15-21)44-5)16-29(38)37-28-13-11-23(18-33-28)34-32(42)36-24-9-7-6-8-20(24)3;3-2(4,5)1(6)7/h6-13,15,18-19,22,25H,14,16-17H2,1-5H3,(H,35,41)(H,39,40)(H,33,37,38)(H2,34,36,42);(H,6,7)/t22?,25-;/m0./s1. The third-order valence-corrected chi connectivity index (χ3v) is 6.99. The van der Waals surface area contributed by atoms with E-state index in [9.17, 15) is 37.5 Å². The summed E-state index contributed by atoms with van der Waals surface area (Å²) < 4.78 is 42.3. The van der Waals surface area contributed by atoms with Crippen molar-refractivity contribution in [3.8, 4) is 11.5 Å². The number of halogens is 3. The number of methoxy groups -OCH3 is 2. The zero-order valence-corrected chi connectivity index (χ0v) is 28.5. The Bertz CT molecular complexity index is 1670. The summed E-state index contributed by atoms with van der Waals surface area (Å²) in [4.78, 5) is 63.5. The number of aliphatic carboxylic acids is 2. The lowest BCUT2D eigenvalue weighted by Crippen LogP contribution is -2.37. The van der Waals surface area contributed by atoms with Gasteiger partial charge in [0.25, 0.3) is 0 Å². The molecule has 51 heavy (non-hydrogen) atoms. The lowest BCUT2D eigenvalue weighted by molar-refractivity contribution is -0.192. The minimum absolute atomic E-state index is 0.0897. The molecule has 3 rings (SSSR count). The summed E-state index contributed by atoms with van der Waals surface area (Å²) in [6, 6.07) is 14.1. The summed E-state index contributed by atoms with van der Waals surface area (Å²) >= 11 is 0. The number of benzene rings is 2. The van der Waals surface area contributed by atoms with Crippen LogP contribution in [0.1, 0.15) is 50.3 Å². The lowest BCUT2D eigenvalue weighted by atomic mass is 9.92. The molecule has 0 saturated carbocycles. The number of aromatic nitrogens is 1. The number of nitrogens with one attached hydrogen (secondary N) is 4. The van der Waals surface area contributed by atoms with Crippen molar-refractivity contribution >= 4 is 47.0 Å². The van der Waals surface area contributed by atoms with Crippen LogP contribution in [0.15, 0.2) is 60.8 Å². The van der Waals surface area contributed by atoms with Crippen LogP contribution in [0.3, 0.4) is 0 Å². The second-order valence-corrected chi connectivity index (χ2v) is 11.5. The number of urea groups is 1. The van der Waals surface area contributed by atoms with Gasteiger partial charge < -0.3 is 41.0 Å². The number of ether oxygens (including phenoxy) is 2. The largest absolute Gasteiger partial charge is 0.493 e. The number of aryl methyl sites for hydroxylation is 1. The first-order chi connectivity index (χ1) is 23.9. The van der Waals surface area contributed by atoms with Gasteiger partial charge in [-0.1, -0.05) is 38.1 Å². The normalized spacial score (nSPS) is 11.9. The second kappa shape index (κ2) is 19.4. The van der Waals surface area contributed by atoms with Gasteiger partial charge in [0, 0.05) is 18.0 Å². The van der Waals surface area contributed by atoms with Crippen molar-refractivity contribution in [2.75, 3.05) is 30.2 Å². The third kappa shape index (κ3) is 14.3. The zero-order valence-electron chi connectivity index (χ0n) is 28.5. The molecule has 0 saturated heterocycles. The average Bonchev–Trinajstić information content (AvgIpc) is 3.05. The van der Waals surface area contributed by atoms with Crippen molar-refractivity contribution in [2.45, 2.75) is 52.3 Å². The number of hydrogen-bond donors (Lipinski definition) is 6. The third-order valence-electron chi connectivity index (χ3n) is 6.99. The molecule has 1 heterocycles. The Kier molecular flexibility index (Phi) is 15.7. The highest BCUT2D eigenvalue weighted by molar-refractivity contribution is 6.00. The van der Waals surface area contributed by atoms with E-state index in [4.69, 9.17) is 19.4 Å². The minimum Gasteiger partial charge on any atom is -0.493 e. The number of para-hydroxylation sites is 1. The van der Waals surface area contributed by atoms with Gasteiger partial charge in [-0.3, -0.25) is 14.4 Å². The summed E-state index contributed by atoms with van der Waals surface area (Å²) in [5, 5.41) is 27.6. The fourth-order valence-corrected chi connectivity index (χ4v) is 4.60. The predicted molar refractivity (Wildman–Crippen MR) is 181 cm³/mol. The molecule has 6 N–H and O–H groups in total. The van der Waals surface area contributed by atoms with Crippen molar-refractivity contribution in [3.05, 3.63) is 71.9 Å². The molecule has 0 fully saturated rings. The van der Waals surface area contributed by atoms with Crippen molar-refractivity contribution in [3.63, 3.8) is 0 Å². The highest BCUT2D eigenvalue weighted by atomic mass is 19.4. The molecular weight excluding hydrogens is 679 g/mol. The van der Waals surface area contributed by atoms with Gasteiger partial charge in [0.1, 0.15) is 5.82 Å². The molecule has 4 amide bonds. The Labute approximate surface area is 291 Å². The summed E-state index contributed by atoms with van der Waals surface area (Å²) in [7, 11) is 2.95. The zero-order chi connectivity index (χ0) is 38.3. The maximum absolute atomic E-state index is 13.4. The van der Waals surface area contributed by atoms with Gasteiger partial charge >= 0.3 is 24.1 Å². The molecule has 14 nitrogen and oxygen atoms in total. The number of amides is 4. The fourth-order valence-electron chi connectivity index (χ4n) is 4.60. The Morgan fingerprint density at radius 1 is 0.863 bits per heavy atom.